The molecule has 27 heavy (non-hydrogen) atoms. The van der Waals surface area contributed by atoms with Crippen LogP contribution in [0.25, 0.3) is 5.57 Å². The van der Waals surface area contributed by atoms with Crippen LogP contribution in [0.1, 0.15) is 19.2 Å². The first-order chi connectivity index (χ1) is 13.1. The largest absolute Gasteiger partial charge is 0.367 e. The van der Waals surface area contributed by atoms with Gasteiger partial charge in [0.1, 0.15) is 11.6 Å². The number of rotatable bonds is 5. The van der Waals surface area contributed by atoms with Crippen molar-refractivity contribution in [2.75, 3.05) is 36.4 Å². The van der Waals surface area contributed by atoms with Gasteiger partial charge in [0.2, 0.25) is 11.7 Å². The van der Waals surface area contributed by atoms with Crippen molar-refractivity contribution < 1.29 is 4.79 Å². The Labute approximate surface area is 161 Å². The van der Waals surface area contributed by atoms with Crippen molar-refractivity contribution in [1.82, 2.24) is 25.5 Å². The van der Waals surface area contributed by atoms with Crippen LogP contribution in [0.5, 0.6) is 0 Å². The Morgan fingerprint density at radius 3 is 2.78 bits per heavy atom. The predicted octanol–water partition coefficient (Wildman–Crippen LogP) is 1.89. The molecule has 1 aliphatic rings. The summed E-state index contributed by atoms with van der Waals surface area (Å²) in [6.07, 6.45) is 2.04. The van der Waals surface area contributed by atoms with Crippen molar-refractivity contribution in [3.8, 4) is 6.07 Å². The fourth-order valence-electron chi connectivity index (χ4n) is 2.85. The van der Waals surface area contributed by atoms with Gasteiger partial charge in [0.15, 0.2) is 0 Å². The van der Waals surface area contributed by atoms with Gasteiger partial charge in [-0.3, -0.25) is 4.79 Å². The first kappa shape index (κ1) is 18.7. The van der Waals surface area contributed by atoms with Crippen LogP contribution in [0, 0.1) is 11.3 Å². The lowest BCUT2D eigenvalue weighted by Gasteiger charge is -2.36. The molecule has 0 aliphatic carbocycles. The second-order valence-electron chi connectivity index (χ2n) is 5.94. The molecule has 0 bridgehead atoms. The minimum Gasteiger partial charge on any atom is -0.367 e. The number of H-pyrrole nitrogens is 1. The van der Waals surface area contributed by atoms with Crippen LogP contribution < -0.4 is 10.2 Å². The highest BCUT2D eigenvalue weighted by atomic mass is 35.5. The van der Waals surface area contributed by atoms with E-state index in [2.05, 4.69) is 30.8 Å². The zero-order chi connectivity index (χ0) is 19.2. The molecule has 2 heterocycles. The minimum atomic E-state index is 0.182. The summed E-state index contributed by atoms with van der Waals surface area (Å²) in [5, 5.41) is 26.1. The van der Waals surface area contributed by atoms with E-state index in [9.17, 15) is 10.1 Å². The van der Waals surface area contributed by atoms with E-state index in [0.717, 1.165) is 24.5 Å². The molecule has 2 aromatic rings. The minimum absolute atomic E-state index is 0.182. The first-order valence-corrected chi connectivity index (χ1v) is 8.93. The quantitative estimate of drug-likeness (QED) is 0.754. The first-order valence-electron chi connectivity index (χ1n) is 8.55. The van der Waals surface area contributed by atoms with Crippen molar-refractivity contribution in [2.45, 2.75) is 13.3 Å². The molecule has 3 rings (SSSR count). The molecule has 0 radical (unpaired) electrons. The highest BCUT2D eigenvalue weighted by Gasteiger charge is 2.21. The van der Waals surface area contributed by atoms with E-state index in [1.165, 1.54) is 6.20 Å². The Morgan fingerprint density at radius 2 is 2.19 bits per heavy atom. The summed E-state index contributed by atoms with van der Waals surface area (Å²) in [7, 11) is 0. The van der Waals surface area contributed by atoms with Gasteiger partial charge in [0.25, 0.3) is 0 Å². The number of hydrogen-bond acceptors (Lipinski definition) is 7. The fraction of sp³-hybridized carbons (Fsp3) is 0.353. The van der Waals surface area contributed by atoms with Crippen molar-refractivity contribution in [3.63, 3.8) is 0 Å². The van der Waals surface area contributed by atoms with Crippen LogP contribution in [0.15, 0.2) is 24.4 Å². The van der Waals surface area contributed by atoms with Gasteiger partial charge in [-0.2, -0.15) is 10.5 Å². The summed E-state index contributed by atoms with van der Waals surface area (Å²) in [6.45, 7) is 4.76. The Morgan fingerprint density at radius 1 is 1.41 bits per heavy atom. The zero-order valence-corrected chi connectivity index (χ0v) is 15.6. The number of nitrogens with one attached hydrogen (secondary N) is 2. The predicted molar refractivity (Wildman–Crippen MR) is 102 cm³/mol. The number of carbonyl (C=O) groups is 1. The number of hydrogen-bond donors (Lipinski definition) is 2. The van der Waals surface area contributed by atoms with Crippen LogP contribution in [0.3, 0.4) is 0 Å². The monoisotopic (exact) mass is 386 g/mol. The van der Waals surface area contributed by atoms with Crippen molar-refractivity contribution in [3.05, 3.63) is 35.2 Å². The SMILES string of the molecule is CCC(=O)N1CCN(c2ccc(NC=C(C#N)c3nn[nH]n3)cc2Cl)CC1. The standard InChI is InChI=1S/C17H19ClN8O/c1-2-16(27)26-7-5-25(6-8-26)15-4-3-13(9-14(15)18)20-11-12(10-19)17-21-23-24-22-17/h3-4,9,11,20H,2,5-8H2,1H3,(H,21,22,23,24). The Hall–Kier alpha value is -3.12. The number of anilines is 2. The number of aromatic nitrogens is 4. The Kier molecular flexibility index (Phi) is 5.88. The number of nitriles is 1. The second kappa shape index (κ2) is 8.51. The lowest BCUT2D eigenvalue weighted by molar-refractivity contribution is -0.131. The molecular formula is C17H19ClN8O. The Bertz CT molecular complexity index is 866. The van der Waals surface area contributed by atoms with Gasteiger partial charge in [-0.05, 0) is 23.4 Å². The third-order valence-corrected chi connectivity index (χ3v) is 4.62. The number of nitrogens with zero attached hydrogens (tertiary/aromatic N) is 6. The van der Waals surface area contributed by atoms with Crippen molar-refractivity contribution in [2.24, 2.45) is 0 Å². The van der Waals surface area contributed by atoms with Crippen LogP contribution in [0.4, 0.5) is 11.4 Å². The zero-order valence-electron chi connectivity index (χ0n) is 14.8. The third-order valence-electron chi connectivity index (χ3n) is 4.31. The highest BCUT2D eigenvalue weighted by Crippen LogP contribution is 2.30. The summed E-state index contributed by atoms with van der Waals surface area (Å²) in [5.41, 5.74) is 1.91. The number of amides is 1. The van der Waals surface area contributed by atoms with Crippen LogP contribution in [0.2, 0.25) is 5.02 Å². The number of carbonyl (C=O) groups excluding carboxylic acids is 1. The van der Waals surface area contributed by atoms with E-state index < -0.39 is 0 Å². The van der Waals surface area contributed by atoms with Crippen LogP contribution in [-0.4, -0.2) is 57.6 Å². The van der Waals surface area contributed by atoms with Gasteiger partial charge in [0.05, 0.1) is 10.7 Å². The van der Waals surface area contributed by atoms with Gasteiger partial charge < -0.3 is 15.1 Å². The molecule has 1 fully saturated rings. The fourth-order valence-corrected chi connectivity index (χ4v) is 3.15. The van der Waals surface area contributed by atoms with E-state index >= 15 is 0 Å². The maximum atomic E-state index is 11.8. The molecule has 1 aromatic heterocycles. The molecule has 0 unspecified atom stereocenters. The average Bonchev–Trinajstić information content (AvgIpc) is 3.23. The summed E-state index contributed by atoms with van der Waals surface area (Å²) >= 11 is 6.45. The summed E-state index contributed by atoms with van der Waals surface area (Å²) in [4.78, 5) is 15.8. The summed E-state index contributed by atoms with van der Waals surface area (Å²) in [6, 6.07) is 7.61. The van der Waals surface area contributed by atoms with Crippen LogP contribution in [-0.2, 0) is 4.79 Å². The van der Waals surface area contributed by atoms with E-state index in [1.807, 2.05) is 30.0 Å². The normalized spacial score (nSPS) is 14.8. The molecule has 2 N–H and O–H groups in total. The summed E-state index contributed by atoms with van der Waals surface area (Å²) < 4.78 is 0. The van der Waals surface area contributed by atoms with E-state index in [4.69, 9.17) is 11.6 Å². The smallest absolute Gasteiger partial charge is 0.222 e. The molecule has 1 saturated heterocycles. The lowest BCUT2D eigenvalue weighted by Crippen LogP contribution is -2.48. The molecule has 9 nitrogen and oxygen atoms in total. The maximum Gasteiger partial charge on any atom is 0.222 e. The molecule has 10 heteroatoms. The summed E-state index contributed by atoms with van der Waals surface area (Å²) in [5.74, 6) is 0.397. The van der Waals surface area contributed by atoms with Gasteiger partial charge >= 0.3 is 0 Å². The van der Waals surface area contributed by atoms with Crippen molar-refractivity contribution in [1.29, 1.82) is 5.26 Å². The number of tetrazole rings is 1. The van der Waals surface area contributed by atoms with Gasteiger partial charge in [-0.25, -0.2) is 0 Å². The molecule has 0 saturated carbocycles. The molecule has 140 valence electrons. The lowest BCUT2D eigenvalue weighted by atomic mass is 10.2. The number of halogens is 1. The average molecular weight is 387 g/mol. The molecule has 0 atom stereocenters. The second-order valence-corrected chi connectivity index (χ2v) is 6.34. The molecular weight excluding hydrogens is 368 g/mol. The van der Waals surface area contributed by atoms with Crippen molar-refractivity contribution >= 4 is 34.5 Å². The number of aromatic amines is 1. The van der Waals surface area contributed by atoms with Gasteiger partial charge in [0, 0.05) is 44.5 Å². The number of benzene rings is 1. The van der Waals surface area contributed by atoms with Gasteiger partial charge in [-0.1, -0.05) is 18.5 Å². The highest BCUT2D eigenvalue weighted by molar-refractivity contribution is 6.33. The molecule has 0 spiro atoms. The molecule has 1 amide bonds. The van der Waals surface area contributed by atoms with E-state index in [1.54, 1.807) is 6.07 Å². The number of piperazine rings is 1. The molecule has 1 aliphatic heterocycles. The molecule has 1 aromatic carbocycles. The van der Waals surface area contributed by atoms with E-state index in [0.29, 0.717) is 24.5 Å². The van der Waals surface area contributed by atoms with Gasteiger partial charge in [-0.15, -0.1) is 10.2 Å². The van der Waals surface area contributed by atoms with E-state index in [-0.39, 0.29) is 17.3 Å². The number of allylic oxidation sites excluding steroid dienone is 1. The maximum absolute atomic E-state index is 11.8. The Balaban J connectivity index is 1.66. The third kappa shape index (κ3) is 4.35. The van der Waals surface area contributed by atoms with Crippen LogP contribution >= 0.6 is 11.6 Å². The topological polar surface area (TPSA) is 114 Å².